The summed E-state index contributed by atoms with van der Waals surface area (Å²) in [6.07, 6.45) is 7.64. The molecule has 31 heavy (non-hydrogen) atoms. The number of nitrogens with zero attached hydrogens (tertiary/aromatic N) is 6. The van der Waals surface area contributed by atoms with Gasteiger partial charge < -0.3 is 9.88 Å². The minimum atomic E-state index is -2.59. The van der Waals surface area contributed by atoms with E-state index in [0.29, 0.717) is 22.8 Å². The molecule has 1 N–H and O–H groups in total. The van der Waals surface area contributed by atoms with Gasteiger partial charge in [-0.25, -0.2) is 28.2 Å². The number of halogens is 2. The van der Waals surface area contributed by atoms with E-state index < -0.39 is 5.92 Å². The van der Waals surface area contributed by atoms with Crippen molar-refractivity contribution in [1.29, 1.82) is 0 Å². The summed E-state index contributed by atoms with van der Waals surface area (Å²) in [5.74, 6) is -1.27. The summed E-state index contributed by atoms with van der Waals surface area (Å²) in [4.78, 5) is 13.5. The Bertz CT molecular complexity index is 1310. The first-order valence-corrected chi connectivity index (χ1v) is 10.6. The summed E-state index contributed by atoms with van der Waals surface area (Å²) < 4.78 is 30.7. The Morgan fingerprint density at radius 3 is 2.71 bits per heavy atom. The molecule has 0 bridgehead atoms. The molecule has 0 radical (unpaired) electrons. The summed E-state index contributed by atoms with van der Waals surface area (Å²) >= 11 is 0. The number of fused-ring (bicyclic) bond motifs is 2. The number of rotatable bonds is 5. The SMILES string of the molecule is Cc1nc2ncc(-c3ccn4nc(NCC5(C)CC5)ncc34)cc2n1C1CC(F)(F)C1. The molecule has 4 heterocycles. The lowest BCUT2D eigenvalue weighted by atomic mass is 9.87. The number of hydrogen-bond donors (Lipinski definition) is 1. The van der Waals surface area contributed by atoms with Crippen molar-refractivity contribution in [3.63, 3.8) is 0 Å². The lowest BCUT2D eigenvalue weighted by Gasteiger charge is -2.36. The van der Waals surface area contributed by atoms with Crippen molar-refractivity contribution in [2.75, 3.05) is 11.9 Å². The highest BCUT2D eigenvalue weighted by Crippen LogP contribution is 2.47. The smallest absolute Gasteiger partial charge is 0.252 e. The van der Waals surface area contributed by atoms with Crippen LogP contribution in [0.15, 0.2) is 30.7 Å². The molecular formula is C22H23F2N7. The highest BCUT2D eigenvalue weighted by Gasteiger charge is 2.47. The zero-order chi connectivity index (χ0) is 21.4. The monoisotopic (exact) mass is 423 g/mol. The van der Waals surface area contributed by atoms with E-state index >= 15 is 0 Å². The van der Waals surface area contributed by atoms with Gasteiger partial charge in [0.25, 0.3) is 5.92 Å². The topological polar surface area (TPSA) is 72.9 Å². The van der Waals surface area contributed by atoms with Gasteiger partial charge >= 0.3 is 0 Å². The van der Waals surface area contributed by atoms with Gasteiger partial charge in [-0.3, -0.25) is 0 Å². The first kappa shape index (κ1) is 18.7. The number of nitrogens with one attached hydrogen (secondary N) is 1. The molecule has 4 aromatic heterocycles. The van der Waals surface area contributed by atoms with Crippen LogP contribution in [0.5, 0.6) is 0 Å². The predicted octanol–water partition coefficient (Wildman–Crippen LogP) is 4.63. The van der Waals surface area contributed by atoms with Gasteiger partial charge in [0, 0.05) is 48.9 Å². The van der Waals surface area contributed by atoms with Crippen molar-refractivity contribution in [2.24, 2.45) is 5.41 Å². The minimum Gasteiger partial charge on any atom is -0.352 e. The minimum absolute atomic E-state index is 0.151. The molecule has 0 amide bonds. The van der Waals surface area contributed by atoms with E-state index in [-0.39, 0.29) is 18.9 Å². The Hall–Kier alpha value is -3.10. The first-order chi connectivity index (χ1) is 14.8. The number of anilines is 1. The zero-order valence-electron chi connectivity index (χ0n) is 17.4. The van der Waals surface area contributed by atoms with Gasteiger partial charge in [0.2, 0.25) is 5.95 Å². The predicted molar refractivity (Wildman–Crippen MR) is 113 cm³/mol. The molecule has 0 aliphatic heterocycles. The number of alkyl halides is 2. The quantitative estimate of drug-likeness (QED) is 0.507. The Labute approximate surface area is 177 Å². The van der Waals surface area contributed by atoms with Gasteiger partial charge in [-0.1, -0.05) is 6.92 Å². The molecule has 7 nitrogen and oxygen atoms in total. The molecule has 2 saturated carbocycles. The van der Waals surface area contributed by atoms with E-state index in [4.69, 9.17) is 0 Å². The maximum absolute atomic E-state index is 13.5. The Balaban J connectivity index is 1.35. The molecule has 0 unspecified atom stereocenters. The summed E-state index contributed by atoms with van der Waals surface area (Å²) in [5, 5.41) is 7.90. The van der Waals surface area contributed by atoms with Crippen LogP contribution in [0, 0.1) is 12.3 Å². The molecule has 2 aliphatic carbocycles. The van der Waals surface area contributed by atoms with Gasteiger partial charge in [0.1, 0.15) is 5.82 Å². The van der Waals surface area contributed by atoms with Gasteiger partial charge in [-0.15, -0.1) is 5.10 Å². The number of imidazole rings is 1. The van der Waals surface area contributed by atoms with Crippen LogP contribution in [0.1, 0.15) is 44.5 Å². The van der Waals surface area contributed by atoms with Crippen LogP contribution in [0.2, 0.25) is 0 Å². The number of hydrogen-bond acceptors (Lipinski definition) is 5. The summed E-state index contributed by atoms with van der Waals surface area (Å²) in [5.41, 5.74) is 4.43. The van der Waals surface area contributed by atoms with Crippen LogP contribution in [0.3, 0.4) is 0 Å². The maximum atomic E-state index is 13.5. The molecule has 160 valence electrons. The largest absolute Gasteiger partial charge is 0.352 e. The normalized spacial score (nSPS) is 19.6. The first-order valence-electron chi connectivity index (χ1n) is 10.6. The fraction of sp³-hybridized carbons (Fsp3) is 0.455. The van der Waals surface area contributed by atoms with Crippen molar-refractivity contribution in [1.82, 2.24) is 29.1 Å². The highest BCUT2D eigenvalue weighted by atomic mass is 19.3. The van der Waals surface area contributed by atoms with Gasteiger partial charge in [0.15, 0.2) is 5.65 Å². The maximum Gasteiger partial charge on any atom is 0.252 e. The van der Waals surface area contributed by atoms with Crippen LogP contribution in [-0.2, 0) is 0 Å². The van der Waals surface area contributed by atoms with Crippen LogP contribution in [-0.4, -0.2) is 41.6 Å². The second-order valence-electron chi connectivity index (χ2n) is 9.32. The Morgan fingerprint density at radius 2 is 1.97 bits per heavy atom. The number of aromatic nitrogens is 6. The van der Waals surface area contributed by atoms with Crippen LogP contribution < -0.4 is 5.32 Å². The fourth-order valence-electron chi connectivity index (χ4n) is 4.42. The average Bonchev–Trinajstić information content (AvgIpc) is 3.17. The molecule has 2 fully saturated rings. The van der Waals surface area contributed by atoms with E-state index in [9.17, 15) is 8.78 Å². The summed E-state index contributed by atoms with van der Waals surface area (Å²) in [7, 11) is 0. The van der Waals surface area contributed by atoms with Crippen molar-refractivity contribution in [3.05, 3.63) is 36.5 Å². The molecule has 9 heteroatoms. The van der Waals surface area contributed by atoms with Crippen LogP contribution in [0.25, 0.3) is 27.8 Å². The van der Waals surface area contributed by atoms with Crippen molar-refractivity contribution in [2.45, 2.75) is 51.5 Å². The molecule has 4 aromatic rings. The van der Waals surface area contributed by atoms with Gasteiger partial charge in [-0.2, -0.15) is 0 Å². The Kier molecular flexibility index (Phi) is 3.74. The van der Waals surface area contributed by atoms with E-state index in [0.717, 1.165) is 28.7 Å². The Morgan fingerprint density at radius 1 is 1.16 bits per heavy atom. The third-order valence-electron chi connectivity index (χ3n) is 6.66. The lowest BCUT2D eigenvalue weighted by molar-refractivity contribution is -0.103. The second kappa shape index (κ2) is 6.21. The lowest BCUT2D eigenvalue weighted by Crippen LogP contribution is -2.37. The van der Waals surface area contributed by atoms with Crippen molar-refractivity contribution in [3.8, 4) is 11.1 Å². The molecule has 6 rings (SSSR count). The number of aryl methyl sites for hydroxylation is 1. The molecule has 0 spiro atoms. The molecule has 2 aliphatic rings. The molecular weight excluding hydrogens is 400 g/mol. The fourth-order valence-corrected chi connectivity index (χ4v) is 4.42. The standard InChI is InChI=1S/C22H23F2N7/c1-13-28-19-17(31(13)15-8-22(23,24)9-15)7-14(10-25-19)16-3-6-30-18(16)11-26-20(29-30)27-12-21(2)4-5-21/h3,6-7,10-11,15H,4-5,8-9,12H2,1-2H3,(H,27,29). The molecule has 0 saturated heterocycles. The molecule has 0 aromatic carbocycles. The zero-order valence-corrected chi connectivity index (χ0v) is 17.4. The van der Waals surface area contributed by atoms with Crippen molar-refractivity contribution >= 4 is 22.6 Å². The third-order valence-corrected chi connectivity index (χ3v) is 6.66. The van der Waals surface area contributed by atoms with Gasteiger partial charge in [-0.05, 0) is 37.3 Å². The second-order valence-corrected chi connectivity index (χ2v) is 9.32. The van der Waals surface area contributed by atoms with Gasteiger partial charge in [0.05, 0.1) is 17.2 Å². The van der Waals surface area contributed by atoms with Crippen LogP contribution in [0.4, 0.5) is 14.7 Å². The third kappa shape index (κ3) is 3.14. The summed E-state index contributed by atoms with van der Waals surface area (Å²) in [6.45, 7) is 4.97. The van der Waals surface area contributed by atoms with E-state index in [1.54, 1.807) is 16.9 Å². The summed E-state index contributed by atoms with van der Waals surface area (Å²) in [6, 6.07) is 3.71. The molecule has 0 atom stereocenters. The van der Waals surface area contributed by atoms with E-state index in [2.05, 4.69) is 32.3 Å². The number of pyridine rings is 1. The highest BCUT2D eigenvalue weighted by molar-refractivity contribution is 5.85. The average molecular weight is 423 g/mol. The van der Waals surface area contributed by atoms with Crippen LogP contribution >= 0.6 is 0 Å². The van der Waals surface area contributed by atoms with E-state index in [1.807, 2.05) is 29.8 Å². The van der Waals surface area contributed by atoms with Crippen molar-refractivity contribution < 1.29 is 8.78 Å². The van der Waals surface area contributed by atoms with E-state index in [1.165, 1.54) is 12.8 Å².